The molecule has 0 saturated carbocycles. The Hall–Kier alpha value is -1.47. The number of hydrogen-bond acceptors (Lipinski definition) is 6. The molecule has 0 radical (unpaired) electrons. The summed E-state index contributed by atoms with van der Waals surface area (Å²) in [5, 5.41) is 6.90. The van der Waals surface area contributed by atoms with Gasteiger partial charge < -0.3 is 14.6 Å². The Morgan fingerprint density at radius 2 is 1.96 bits per heavy atom. The van der Waals surface area contributed by atoms with Crippen molar-refractivity contribution < 1.29 is 14.1 Å². The number of amides is 1. The largest absolute Gasteiger partial charge is 0.373 e. The highest BCUT2D eigenvalue weighted by Gasteiger charge is 2.25. The highest BCUT2D eigenvalue weighted by Crippen LogP contribution is 2.13. The van der Waals surface area contributed by atoms with E-state index in [1.165, 1.54) is 0 Å². The molecule has 1 aromatic heterocycles. The molecule has 2 heterocycles. The van der Waals surface area contributed by atoms with Gasteiger partial charge in [-0.3, -0.25) is 9.69 Å². The Labute approximate surface area is 144 Å². The van der Waals surface area contributed by atoms with E-state index >= 15 is 0 Å². The van der Waals surface area contributed by atoms with Crippen LogP contribution in [0.2, 0.25) is 0 Å². The quantitative estimate of drug-likeness (QED) is 0.816. The SMILES string of the molecule is CC1CN(C(C)CNC(=O)CCc2nc(C(C)C)no2)CC(C)O1. The zero-order chi connectivity index (χ0) is 17.7. The topological polar surface area (TPSA) is 80.5 Å². The minimum Gasteiger partial charge on any atom is -0.373 e. The Balaban J connectivity index is 1.70. The van der Waals surface area contributed by atoms with Crippen LogP contribution in [0, 0.1) is 0 Å². The monoisotopic (exact) mass is 338 g/mol. The van der Waals surface area contributed by atoms with Crippen molar-refractivity contribution in [3.8, 4) is 0 Å². The van der Waals surface area contributed by atoms with E-state index < -0.39 is 0 Å². The molecule has 0 aromatic carbocycles. The molecule has 136 valence electrons. The third-order valence-electron chi connectivity index (χ3n) is 4.23. The van der Waals surface area contributed by atoms with Gasteiger partial charge in [-0.2, -0.15) is 4.98 Å². The predicted octanol–water partition coefficient (Wildman–Crippen LogP) is 1.74. The van der Waals surface area contributed by atoms with Gasteiger partial charge in [0.1, 0.15) is 0 Å². The van der Waals surface area contributed by atoms with Gasteiger partial charge in [-0.25, -0.2) is 0 Å². The first-order valence-electron chi connectivity index (χ1n) is 8.83. The van der Waals surface area contributed by atoms with E-state index in [0.29, 0.717) is 37.1 Å². The number of rotatable bonds is 7. The molecule has 0 aliphatic carbocycles. The molecule has 0 spiro atoms. The van der Waals surface area contributed by atoms with Crippen LogP contribution in [0.25, 0.3) is 0 Å². The minimum atomic E-state index is 0.0144. The maximum atomic E-state index is 12.0. The highest BCUT2D eigenvalue weighted by atomic mass is 16.5. The molecule has 1 amide bonds. The number of hydrogen-bond donors (Lipinski definition) is 1. The number of ether oxygens (including phenoxy) is 1. The summed E-state index contributed by atoms with van der Waals surface area (Å²) in [6.45, 7) is 12.8. The average Bonchev–Trinajstić information content (AvgIpc) is 2.98. The highest BCUT2D eigenvalue weighted by molar-refractivity contribution is 5.76. The number of nitrogens with zero attached hydrogens (tertiary/aromatic N) is 3. The molecule has 7 heteroatoms. The van der Waals surface area contributed by atoms with Crippen molar-refractivity contribution in [3.63, 3.8) is 0 Å². The lowest BCUT2D eigenvalue weighted by molar-refractivity contribution is -0.121. The fourth-order valence-corrected chi connectivity index (χ4v) is 2.88. The molecule has 1 fully saturated rings. The van der Waals surface area contributed by atoms with Gasteiger partial charge in [0, 0.05) is 44.4 Å². The molecule has 3 atom stereocenters. The van der Waals surface area contributed by atoms with Gasteiger partial charge in [-0.15, -0.1) is 0 Å². The van der Waals surface area contributed by atoms with E-state index in [4.69, 9.17) is 9.26 Å². The lowest BCUT2D eigenvalue weighted by Gasteiger charge is -2.39. The van der Waals surface area contributed by atoms with Gasteiger partial charge in [0.15, 0.2) is 5.82 Å². The van der Waals surface area contributed by atoms with Crippen LogP contribution in [0.3, 0.4) is 0 Å². The molecule has 2 rings (SSSR count). The fourth-order valence-electron chi connectivity index (χ4n) is 2.88. The van der Waals surface area contributed by atoms with Crippen molar-refractivity contribution in [2.24, 2.45) is 0 Å². The van der Waals surface area contributed by atoms with Gasteiger partial charge in [0.05, 0.1) is 12.2 Å². The summed E-state index contributed by atoms with van der Waals surface area (Å²) in [6.07, 6.45) is 1.31. The zero-order valence-electron chi connectivity index (χ0n) is 15.4. The van der Waals surface area contributed by atoms with Crippen molar-refractivity contribution in [2.75, 3.05) is 19.6 Å². The Bertz CT molecular complexity index is 522. The molecule has 24 heavy (non-hydrogen) atoms. The van der Waals surface area contributed by atoms with Gasteiger partial charge >= 0.3 is 0 Å². The van der Waals surface area contributed by atoms with E-state index in [-0.39, 0.29) is 24.0 Å². The smallest absolute Gasteiger partial charge is 0.227 e. The number of carbonyl (C=O) groups excluding carboxylic acids is 1. The van der Waals surface area contributed by atoms with Crippen LogP contribution in [-0.2, 0) is 16.0 Å². The summed E-state index contributed by atoms with van der Waals surface area (Å²) < 4.78 is 10.9. The first kappa shape index (κ1) is 18.9. The van der Waals surface area contributed by atoms with Crippen LogP contribution < -0.4 is 5.32 Å². The predicted molar refractivity (Wildman–Crippen MR) is 90.8 cm³/mol. The fraction of sp³-hybridized carbons (Fsp3) is 0.824. The summed E-state index contributed by atoms with van der Waals surface area (Å²) in [6, 6.07) is 0.290. The number of carbonyl (C=O) groups is 1. The Kier molecular flexibility index (Phi) is 6.74. The maximum absolute atomic E-state index is 12.0. The second-order valence-corrected chi connectivity index (χ2v) is 7.07. The van der Waals surface area contributed by atoms with E-state index in [0.717, 1.165) is 13.1 Å². The molecule has 1 aliphatic rings. The van der Waals surface area contributed by atoms with E-state index in [1.54, 1.807) is 0 Å². The summed E-state index contributed by atoms with van der Waals surface area (Å²) in [4.78, 5) is 18.7. The van der Waals surface area contributed by atoms with Crippen LogP contribution >= 0.6 is 0 Å². The van der Waals surface area contributed by atoms with Crippen molar-refractivity contribution in [1.29, 1.82) is 0 Å². The first-order chi connectivity index (χ1) is 11.3. The third-order valence-corrected chi connectivity index (χ3v) is 4.23. The van der Waals surface area contributed by atoms with Gasteiger partial charge in [0.25, 0.3) is 0 Å². The Morgan fingerprint density at radius 1 is 1.29 bits per heavy atom. The summed E-state index contributed by atoms with van der Waals surface area (Å²) in [7, 11) is 0. The zero-order valence-corrected chi connectivity index (χ0v) is 15.4. The van der Waals surface area contributed by atoms with Crippen LogP contribution in [0.4, 0.5) is 0 Å². The molecular formula is C17H30N4O3. The Morgan fingerprint density at radius 3 is 2.54 bits per heavy atom. The molecule has 3 unspecified atom stereocenters. The minimum absolute atomic E-state index is 0.0144. The first-order valence-corrected chi connectivity index (χ1v) is 8.83. The van der Waals surface area contributed by atoms with Gasteiger partial charge in [-0.1, -0.05) is 19.0 Å². The van der Waals surface area contributed by atoms with E-state index in [9.17, 15) is 4.79 Å². The molecular weight excluding hydrogens is 308 g/mol. The molecule has 1 aromatic rings. The van der Waals surface area contributed by atoms with Crippen LogP contribution in [0.15, 0.2) is 4.52 Å². The molecule has 0 bridgehead atoms. The van der Waals surface area contributed by atoms with Crippen molar-refractivity contribution in [2.45, 2.75) is 71.6 Å². The molecule has 7 nitrogen and oxygen atoms in total. The second-order valence-electron chi connectivity index (χ2n) is 7.07. The number of morpholine rings is 1. The molecule has 1 N–H and O–H groups in total. The maximum Gasteiger partial charge on any atom is 0.227 e. The summed E-state index contributed by atoms with van der Waals surface area (Å²) in [5.41, 5.74) is 0. The molecule has 1 saturated heterocycles. The lowest BCUT2D eigenvalue weighted by Crippen LogP contribution is -2.52. The number of aryl methyl sites for hydroxylation is 1. The average molecular weight is 338 g/mol. The lowest BCUT2D eigenvalue weighted by atomic mass is 10.1. The second kappa shape index (κ2) is 8.58. The van der Waals surface area contributed by atoms with Gasteiger partial charge in [-0.05, 0) is 20.8 Å². The van der Waals surface area contributed by atoms with Gasteiger partial charge in [0.2, 0.25) is 11.8 Å². The number of nitrogens with one attached hydrogen (secondary N) is 1. The summed E-state index contributed by atoms with van der Waals surface area (Å²) in [5.74, 6) is 1.46. The number of aromatic nitrogens is 2. The van der Waals surface area contributed by atoms with E-state index in [2.05, 4.69) is 41.1 Å². The van der Waals surface area contributed by atoms with Crippen LogP contribution in [-0.4, -0.2) is 58.8 Å². The van der Waals surface area contributed by atoms with Crippen molar-refractivity contribution >= 4 is 5.91 Å². The standard InChI is InChI=1S/C17H30N4O3/c1-11(2)17-19-16(24-20-17)7-6-15(22)18-8-12(3)21-9-13(4)23-14(5)10-21/h11-14H,6-10H2,1-5H3,(H,18,22). The summed E-state index contributed by atoms with van der Waals surface area (Å²) >= 11 is 0. The third kappa shape index (κ3) is 5.56. The van der Waals surface area contributed by atoms with Crippen molar-refractivity contribution in [1.82, 2.24) is 20.4 Å². The van der Waals surface area contributed by atoms with E-state index in [1.807, 2.05) is 13.8 Å². The van der Waals surface area contributed by atoms with Crippen LogP contribution in [0.1, 0.15) is 58.7 Å². The van der Waals surface area contributed by atoms with Crippen molar-refractivity contribution in [3.05, 3.63) is 11.7 Å². The normalized spacial score (nSPS) is 23.4. The molecule has 1 aliphatic heterocycles. The van der Waals surface area contributed by atoms with Crippen LogP contribution in [0.5, 0.6) is 0 Å².